The molecule has 24 heavy (non-hydrogen) atoms. The van der Waals surface area contributed by atoms with Gasteiger partial charge in [-0.15, -0.1) is 12.4 Å². The van der Waals surface area contributed by atoms with E-state index in [0.29, 0.717) is 12.6 Å². The Kier molecular flexibility index (Phi) is 6.93. The largest absolute Gasteiger partial charge is 0.490 e. The first-order valence-electron chi connectivity index (χ1n) is 8.99. The van der Waals surface area contributed by atoms with Crippen LogP contribution in [0.2, 0.25) is 0 Å². The molecule has 0 spiro atoms. The Morgan fingerprint density at radius 3 is 2.50 bits per heavy atom. The number of nitrogens with two attached hydrogens (primary N) is 1. The van der Waals surface area contributed by atoms with E-state index >= 15 is 0 Å². The van der Waals surface area contributed by atoms with E-state index in [1.54, 1.807) is 0 Å². The van der Waals surface area contributed by atoms with Gasteiger partial charge in [0.15, 0.2) is 0 Å². The van der Waals surface area contributed by atoms with Gasteiger partial charge in [-0.2, -0.15) is 0 Å². The summed E-state index contributed by atoms with van der Waals surface area (Å²) in [6.45, 7) is 0.487. The molecule has 3 rings (SSSR count). The lowest BCUT2D eigenvalue weighted by Gasteiger charge is -2.31. The third-order valence-electron chi connectivity index (χ3n) is 5.21. The summed E-state index contributed by atoms with van der Waals surface area (Å²) >= 11 is 0. The van der Waals surface area contributed by atoms with Gasteiger partial charge in [-0.1, -0.05) is 37.5 Å². The smallest absolute Gasteiger partial charge is 0.240 e. The highest BCUT2D eigenvalue weighted by Gasteiger charge is 2.35. The Balaban J connectivity index is 0.00000208. The summed E-state index contributed by atoms with van der Waals surface area (Å²) in [5.74, 6) is 0.877. The fraction of sp³-hybridized carbons (Fsp3) is 0.632. The van der Waals surface area contributed by atoms with Crippen LogP contribution in [0.3, 0.4) is 0 Å². The molecule has 0 aliphatic heterocycles. The molecule has 1 aromatic carbocycles. The topological polar surface area (TPSA) is 64.4 Å². The van der Waals surface area contributed by atoms with Crippen molar-refractivity contribution in [3.63, 3.8) is 0 Å². The van der Waals surface area contributed by atoms with Crippen LogP contribution < -0.4 is 15.8 Å². The van der Waals surface area contributed by atoms with E-state index in [9.17, 15) is 4.79 Å². The van der Waals surface area contributed by atoms with E-state index in [1.807, 2.05) is 24.3 Å². The van der Waals surface area contributed by atoms with Gasteiger partial charge in [0.25, 0.3) is 0 Å². The van der Waals surface area contributed by atoms with Crippen LogP contribution in [0.4, 0.5) is 0 Å². The molecule has 0 bridgehead atoms. The van der Waals surface area contributed by atoms with Gasteiger partial charge >= 0.3 is 0 Å². The zero-order valence-corrected chi connectivity index (χ0v) is 15.1. The Bertz CT molecular complexity index is 538. The summed E-state index contributed by atoms with van der Waals surface area (Å²) in [6, 6.07) is 8.00. The van der Waals surface area contributed by atoms with Crippen LogP contribution in [0.15, 0.2) is 24.3 Å². The number of nitrogens with one attached hydrogen (secondary N) is 1. The Morgan fingerprint density at radius 1 is 1.12 bits per heavy atom. The zero-order valence-electron chi connectivity index (χ0n) is 14.3. The van der Waals surface area contributed by atoms with Crippen molar-refractivity contribution in [2.45, 2.75) is 76.0 Å². The van der Waals surface area contributed by atoms with Gasteiger partial charge in [0, 0.05) is 12.1 Å². The van der Waals surface area contributed by atoms with E-state index < -0.39 is 5.54 Å². The van der Waals surface area contributed by atoms with Gasteiger partial charge in [-0.25, -0.2) is 0 Å². The number of amides is 1. The third-order valence-corrected chi connectivity index (χ3v) is 5.21. The van der Waals surface area contributed by atoms with E-state index in [4.69, 9.17) is 10.5 Å². The number of hydrogen-bond donors (Lipinski definition) is 2. The lowest BCUT2D eigenvalue weighted by atomic mass is 9.82. The first kappa shape index (κ1) is 19.1. The van der Waals surface area contributed by atoms with Gasteiger partial charge < -0.3 is 15.8 Å². The number of carbonyl (C=O) groups excluding carboxylic acids is 1. The molecule has 0 heterocycles. The highest BCUT2D eigenvalue weighted by atomic mass is 35.5. The van der Waals surface area contributed by atoms with Crippen molar-refractivity contribution in [2.24, 2.45) is 5.73 Å². The Morgan fingerprint density at radius 2 is 1.79 bits per heavy atom. The second-order valence-electron chi connectivity index (χ2n) is 7.03. The standard InChI is InChI=1S/C19H28N2O2.ClH/c20-19(12-6-1-7-13-19)18(22)21-14-15-8-2-5-11-17(15)23-16-9-3-4-10-16;/h2,5,8,11,16H,1,3-4,6-7,9-10,12-14,20H2,(H,21,22);1H. The van der Waals surface area contributed by atoms with Crippen LogP contribution in [-0.2, 0) is 11.3 Å². The molecule has 0 saturated heterocycles. The molecule has 4 nitrogen and oxygen atoms in total. The van der Waals surface area contributed by atoms with Crippen LogP contribution in [0.5, 0.6) is 5.75 Å². The second kappa shape index (κ2) is 8.72. The Labute approximate surface area is 150 Å². The van der Waals surface area contributed by atoms with Crippen LogP contribution in [-0.4, -0.2) is 17.6 Å². The molecule has 1 amide bonds. The van der Waals surface area contributed by atoms with Crippen LogP contribution >= 0.6 is 12.4 Å². The predicted octanol–water partition coefficient (Wildman–Crippen LogP) is 3.71. The molecule has 2 aliphatic carbocycles. The van der Waals surface area contributed by atoms with Crippen molar-refractivity contribution < 1.29 is 9.53 Å². The van der Waals surface area contributed by atoms with Crippen molar-refractivity contribution in [1.29, 1.82) is 0 Å². The average molecular weight is 353 g/mol. The van der Waals surface area contributed by atoms with Gasteiger partial charge in [-0.05, 0) is 44.6 Å². The number of rotatable bonds is 5. The minimum absolute atomic E-state index is 0. The molecule has 0 radical (unpaired) electrons. The van der Waals surface area contributed by atoms with Gasteiger partial charge in [0.05, 0.1) is 11.6 Å². The Hall–Kier alpha value is -1.26. The number of carbonyl (C=O) groups is 1. The summed E-state index contributed by atoms with van der Waals surface area (Å²) in [7, 11) is 0. The van der Waals surface area contributed by atoms with Gasteiger partial charge in [0.2, 0.25) is 5.91 Å². The van der Waals surface area contributed by atoms with E-state index in [-0.39, 0.29) is 18.3 Å². The summed E-state index contributed by atoms with van der Waals surface area (Å²) in [5.41, 5.74) is 6.65. The molecule has 2 saturated carbocycles. The summed E-state index contributed by atoms with van der Waals surface area (Å²) in [4.78, 5) is 12.5. The SMILES string of the molecule is Cl.NC1(C(=O)NCc2ccccc2OC2CCCC2)CCCCC1. The zero-order chi connectivity index (χ0) is 16.1. The van der Waals surface area contributed by atoms with Crippen molar-refractivity contribution in [1.82, 2.24) is 5.32 Å². The van der Waals surface area contributed by atoms with E-state index in [1.165, 1.54) is 19.3 Å². The lowest BCUT2D eigenvalue weighted by molar-refractivity contribution is -0.127. The van der Waals surface area contributed by atoms with Crippen LogP contribution in [0.25, 0.3) is 0 Å². The minimum atomic E-state index is -0.681. The molecule has 3 N–H and O–H groups in total. The summed E-state index contributed by atoms with van der Waals surface area (Å²) < 4.78 is 6.13. The number of benzene rings is 1. The molecule has 0 unspecified atom stereocenters. The molecule has 134 valence electrons. The maximum absolute atomic E-state index is 12.5. The number of para-hydroxylation sites is 1. The quantitative estimate of drug-likeness (QED) is 0.849. The fourth-order valence-electron chi connectivity index (χ4n) is 3.71. The lowest BCUT2D eigenvalue weighted by Crippen LogP contribution is -2.54. The molecular formula is C19H29ClN2O2. The molecule has 2 aliphatic rings. The highest BCUT2D eigenvalue weighted by Crippen LogP contribution is 2.28. The normalized spacial score (nSPS) is 20.2. The summed E-state index contributed by atoms with van der Waals surface area (Å²) in [6.07, 6.45) is 9.95. The number of hydrogen-bond acceptors (Lipinski definition) is 3. The average Bonchev–Trinajstić information content (AvgIpc) is 3.07. The van der Waals surface area contributed by atoms with Gasteiger partial charge in [-0.3, -0.25) is 4.79 Å². The van der Waals surface area contributed by atoms with Crippen molar-refractivity contribution in [3.8, 4) is 5.75 Å². The molecule has 0 atom stereocenters. The van der Waals surface area contributed by atoms with Crippen LogP contribution in [0, 0.1) is 0 Å². The molecule has 2 fully saturated rings. The minimum Gasteiger partial charge on any atom is -0.490 e. The number of halogens is 1. The second-order valence-corrected chi connectivity index (χ2v) is 7.03. The maximum atomic E-state index is 12.5. The van der Waals surface area contributed by atoms with Crippen molar-refractivity contribution in [3.05, 3.63) is 29.8 Å². The van der Waals surface area contributed by atoms with Crippen LogP contribution in [0.1, 0.15) is 63.4 Å². The van der Waals surface area contributed by atoms with Crippen molar-refractivity contribution >= 4 is 18.3 Å². The monoisotopic (exact) mass is 352 g/mol. The third kappa shape index (κ3) is 4.64. The molecule has 1 aromatic rings. The first-order valence-corrected chi connectivity index (χ1v) is 8.99. The van der Waals surface area contributed by atoms with Gasteiger partial charge in [0.1, 0.15) is 5.75 Å². The van der Waals surface area contributed by atoms with E-state index in [2.05, 4.69) is 5.32 Å². The molecular weight excluding hydrogens is 324 g/mol. The predicted molar refractivity (Wildman–Crippen MR) is 98.4 cm³/mol. The first-order chi connectivity index (χ1) is 11.2. The van der Waals surface area contributed by atoms with Crippen molar-refractivity contribution in [2.75, 3.05) is 0 Å². The molecule has 5 heteroatoms. The van der Waals surface area contributed by atoms with E-state index in [0.717, 1.165) is 49.8 Å². The highest BCUT2D eigenvalue weighted by molar-refractivity contribution is 5.86. The fourth-order valence-corrected chi connectivity index (χ4v) is 3.71. The summed E-state index contributed by atoms with van der Waals surface area (Å²) in [5, 5.41) is 3.03. The number of ether oxygens (including phenoxy) is 1. The molecule has 0 aromatic heterocycles. The maximum Gasteiger partial charge on any atom is 0.240 e.